The lowest BCUT2D eigenvalue weighted by atomic mass is 10.0. The van der Waals surface area contributed by atoms with Crippen LogP contribution in [0.25, 0.3) is 22.0 Å². The summed E-state index contributed by atoms with van der Waals surface area (Å²) < 4.78 is 0. The largest absolute Gasteiger partial charge is 0.361 e. The van der Waals surface area contributed by atoms with Gasteiger partial charge in [0.2, 0.25) is 0 Å². The third-order valence-corrected chi connectivity index (χ3v) is 2.92. The molecule has 3 aromatic rings. The number of hydrogen-bond donors (Lipinski definition) is 1. The molecule has 0 radical (unpaired) electrons. The Kier molecular flexibility index (Phi) is 2.26. The Labute approximate surface area is 98.9 Å². The maximum atomic E-state index is 10.8. The first-order chi connectivity index (χ1) is 8.38. The van der Waals surface area contributed by atoms with Crippen LogP contribution >= 0.6 is 0 Å². The van der Waals surface area contributed by atoms with Crippen molar-refractivity contribution in [3.05, 3.63) is 60.3 Å². The lowest BCUT2D eigenvalue weighted by molar-refractivity contribution is 0.112. The highest BCUT2D eigenvalue weighted by molar-refractivity contribution is 5.96. The molecule has 0 aliphatic carbocycles. The number of carbonyl (C=O) groups is 1. The second kappa shape index (κ2) is 3.91. The maximum Gasteiger partial charge on any atom is 0.150 e. The van der Waals surface area contributed by atoms with E-state index in [1.165, 1.54) is 5.39 Å². The molecular formula is C15H11NO. The molecule has 0 aliphatic heterocycles. The molecule has 1 N–H and O–H groups in total. The van der Waals surface area contributed by atoms with Gasteiger partial charge >= 0.3 is 0 Å². The number of para-hydroxylation sites is 1. The number of carbonyl (C=O) groups excluding carboxylic acids is 1. The quantitative estimate of drug-likeness (QED) is 0.658. The van der Waals surface area contributed by atoms with Crippen LogP contribution in [0.2, 0.25) is 0 Å². The molecule has 0 amide bonds. The summed E-state index contributed by atoms with van der Waals surface area (Å²) in [7, 11) is 0. The predicted molar refractivity (Wildman–Crippen MR) is 69.1 cm³/mol. The minimum absolute atomic E-state index is 0.702. The Morgan fingerprint density at radius 2 is 1.88 bits per heavy atom. The van der Waals surface area contributed by atoms with Crippen LogP contribution in [0.15, 0.2) is 54.7 Å². The van der Waals surface area contributed by atoms with E-state index in [4.69, 9.17) is 0 Å². The lowest BCUT2D eigenvalue weighted by Crippen LogP contribution is -1.81. The summed E-state index contributed by atoms with van der Waals surface area (Å²) in [4.78, 5) is 14.0. The van der Waals surface area contributed by atoms with Crippen LogP contribution in [0.3, 0.4) is 0 Å². The predicted octanol–water partition coefficient (Wildman–Crippen LogP) is 3.65. The third-order valence-electron chi connectivity index (χ3n) is 2.92. The molecule has 17 heavy (non-hydrogen) atoms. The Bertz CT molecular complexity index is 682. The number of benzene rings is 2. The van der Waals surface area contributed by atoms with Crippen molar-refractivity contribution >= 4 is 17.2 Å². The van der Waals surface area contributed by atoms with Crippen molar-refractivity contribution in [3.8, 4) is 11.1 Å². The minimum Gasteiger partial charge on any atom is -0.361 e. The molecule has 0 saturated heterocycles. The van der Waals surface area contributed by atoms with Crippen molar-refractivity contribution in [2.75, 3.05) is 0 Å². The Balaban J connectivity index is 2.23. The van der Waals surface area contributed by atoms with Crippen LogP contribution in [0, 0.1) is 0 Å². The van der Waals surface area contributed by atoms with Crippen LogP contribution in [-0.2, 0) is 0 Å². The monoisotopic (exact) mass is 221 g/mol. The average molecular weight is 221 g/mol. The molecular weight excluding hydrogens is 210 g/mol. The SMILES string of the molecule is O=Cc1cccc(-c2c[nH]c3ccccc23)c1. The second-order valence-electron chi connectivity index (χ2n) is 3.99. The van der Waals surface area contributed by atoms with E-state index in [0.29, 0.717) is 5.56 Å². The zero-order valence-corrected chi connectivity index (χ0v) is 9.18. The smallest absolute Gasteiger partial charge is 0.150 e. The highest BCUT2D eigenvalue weighted by atomic mass is 16.1. The normalized spacial score (nSPS) is 10.6. The minimum atomic E-state index is 0.702. The molecule has 2 nitrogen and oxygen atoms in total. The molecule has 2 aromatic carbocycles. The molecule has 0 saturated carbocycles. The Morgan fingerprint density at radius 1 is 1.00 bits per heavy atom. The number of aromatic amines is 1. The van der Waals surface area contributed by atoms with Gasteiger partial charge in [-0.3, -0.25) is 4.79 Å². The van der Waals surface area contributed by atoms with Gasteiger partial charge in [-0.1, -0.05) is 36.4 Å². The molecule has 1 heterocycles. The first kappa shape index (κ1) is 9.85. The van der Waals surface area contributed by atoms with Crippen LogP contribution in [0.4, 0.5) is 0 Å². The Morgan fingerprint density at radius 3 is 2.76 bits per heavy atom. The van der Waals surface area contributed by atoms with Crippen LogP contribution in [0.1, 0.15) is 10.4 Å². The number of fused-ring (bicyclic) bond motifs is 1. The van der Waals surface area contributed by atoms with Gasteiger partial charge < -0.3 is 4.98 Å². The summed E-state index contributed by atoms with van der Waals surface area (Å²) in [6.07, 6.45) is 2.85. The highest BCUT2D eigenvalue weighted by Crippen LogP contribution is 2.28. The molecule has 0 unspecified atom stereocenters. The van der Waals surface area contributed by atoms with Crippen molar-refractivity contribution < 1.29 is 4.79 Å². The summed E-state index contributed by atoms with van der Waals surface area (Å²) in [6, 6.07) is 15.8. The number of H-pyrrole nitrogens is 1. The first-order valence-electron chi connectivity index (χ1n) is 5.50. The standard InChI is InChI=1S/C15H11NO/c17-10-11-4-3-5-12(8-11)14-9-16-15-7-2-1-6-13(14)15/h1-10,16H. The third kappa shape index (κ3) is 1.64. The van der Waals surface area contributed by atoms with E-state index in [-0.39, 0.29) is 0 Å². The van der Waals surface area contributed by atoms with Gasteiger partial charge in [0, 0.05) is 28.2 Å². The number of aldehydes is 1. The van der Waals surface area contributed by atoms with Gasteiger partial charge in [0.05, 0.1) is 0 Å². The van der Waals surface area contributed by atoms with Crippen molar-refractivity contribution in [2.24, 2.45) is 0 Å². The first-order valence-corrected chi connectivity index (χ1v) is 5.50. The average Bonchev–Trinajstić information content (AvgIpc) is 2.82. The molecule has 0 aliphatic rings. The molecule has 0 spiro atoms. The van der Waals surface area contributed by atoms with Gasteiger partial charge in [0.15, 0.2) is 0 Å². The van der Waals surface area contributed by atoms with Crippen molar-refractivity contribution in [3.63, 3.8) is 0 Å². The van der Waals surface area contributed by atoms with Gasteiger partial charge in [-0.05, 0) is 17.7 Å². The maximum absolute atomic E-state index is 10.8. The van der Waals surface area contributed by atoms with E-state index >= 15 is 0 Å². The summed E-state index contributed by atoms with van der Waals surface area (Å²) >= 11 is 0. The number of hydrogen-bond acceptors (Lipinski definition) is 1. The molecule has 2 heteroatoms. The summed E-state index contributed by atoms with van der Waals surface area (Å²) in [5.41, 5.74) is 4.00. The zero-order valence-electron chi connectivity index (χ0n) is 9.18. The molecule has 0 fully saturated rings. The fourth-order valence-corrected chi connectivity index (χ4v) is 2.09. The summed E-state index contributed by atoms with van der Waals surface area (Å²) in [5.74, 6) is 0. The van der Waals surface area contributed by atoms with E-state index in [1.807, 2.05) is 48.7 Å². The fourth-order valence-electron chi connectivity index (χ4n) is 2.09. The zero-order chi connectivity index (χ0) is 11.7. The van der Waals surface area contributed by atoms with Gasteiger partial charge in [-0.25, -0.2) is 0 Å². The number of rotatable bonds is 2. The molecule has 1 aromatic heterocycles. The van der Waals surface area contributed by atoms with E-state index < -0.39 is 0 Å². The van der Waals surface area contributed by atoms with Crippen molar-refractivity contribution in [1.29, 1.82) is 0 Å². The van der Waals surface area contributed by atoms with Crippen LogP contribution in [0.5, 0.6) is 0 Å². The van der Waals surface area contributed by atoms with E-state index in [1.54, 1.807) is 0 Å². The topological polar surface area (TPSA) is 32.9 Å². The van der Waals surface area contributed by atoms with Gasteiger partial charge in [-0.15, -0.1) is 0 Å². The van der Waals surface area contributed by atoms with Gasteiger partial charge in [0.1, 0.15) is 6.29 Å². The van der Waals surface area contributed by atoms with E-state index in [2.05, 4.69) is 11.1 Å². The van der Waals surface area contributed by atoms with E-state index in [0.717, 1.165) is 22.9 Å². The van der Waals surface area contributed by atoms with E-state index in [9.17, 15) is 4.79 Å². The lowest BCUT2D eigenvalue weighted by Gasteiger charge is -2.00. The number of nitrogens with one attached hydrogen (secondary N) is 1. The van der Waals surface area contributed by atoms with Gasteiger partial charge in [0.25, 0.3) is 0 Å². The highest BCUT2D eigenvalue weighted by Gasteiger charge is 2.05. The molecule has 0 atom stereocenters. The van der Waals surface area contributed by atoms with Crippen molar-refractivity contribution in [1.82, 2.24) is 4.98 Å². The Hall–Kier alpha value is -2.35. The van der Waals surface area contributed by atoms with Crippen molar-refractivity contribution in [2.45, 2.75) is 0 Å². The molecule has 0 bridgehead atoms. The number of aromatic nitrogens is 1. The fraction of sp³-hybridized carbons (Fsp3) is 0. The van der Waals surface area contributed by atoms with Gasteiger partial charge in [-0.2, -0.15) is 0 Å². The second-order valence-corrected chi connectivity index (χ2v) is 3.99. The molecule has 82 valence electrons. The van der Waals surface area contributed by atoms with Crippen LogP contribution in [-0.4, -0.2) is 11.3 Å². The summed E-state index contributed by atoms with van der Waals surface area (Å²) in [6.45, 7) is 0. The summed E-state index contributed by atoms with van der Waals surface area (Å²) in [5, 5.41) is 1.18. The molecule has 3 rings (SSSR count). The van der Waals surface area contributed by atoms with Crippen LogP contribution < -0.4 is 0 Å².